The molecule has 2 heterocycles. The van der Waals surface area contributed by atoms with Crippen LogP contribution in [0.1, 0.15) is 85.5 Å². The fraction of sp³-hybridized carbons (Fsp3) is 0.667. The number of hydrogen-bond donors (Lipinski definition) is 2. The average molecular weight is 579 g/mol. The Hall–Kier alpha value is -2.59. The van der Waals surface area contributed by atoms with E-state index in [9.17, 15) is 23.1 Å². The number of nitrogens with one attached hydrogen (secondary N) is 1. The molecule has 3 rings (SSSR count). The Labute approximate surface area is 239 Å². The van der Waals surface area contributed by atoms with Crippen molar-refractivity contribution in [1.82, 2.24) is 10.2 Å². The molecular formula is C30H46N2O7S. The van der Waals surface area contributed by atoms with Gasteiger partial charge in [0.1, 0.15) is 11.7 Å². The molecule has 224 valence electrons. The van der Waals surface area contributed by atoms with E-state index in [0.29, 0.717) is 19.4 Å². The average Bonchev–Trinajstić information content (AvgIpc) is 3.26. The number of sulfone groups is 1. The van der Waals surface area contributed by atoms with Gasteiger partial charge in [0.25, 0.3) is 0 Å². The summed E-state index contributed by atoms with van der Waals surface area (Å²) in [4.78, 5) is 26.6. The molecule has 2 aliphatic heterocycles. The number of aliphatic hydroxyl groups excluding tert-OH is 1. The molecule has 0 spiro atoms. The number of carbonyl (C=O) groups excluding carboxylic acids is 2. The van der Waals surface area contributed by atoms with Crippen LogP contribution in [-0.2, 0) is 19.3 Å². The Morgan fingerprint density at radius 2 is 1.93 bits per heavy atom. The lowest BCUT2D eigenvalue weighted by molar-refractivity contribution is -0.00869. The molecule has 2 amide bonds. The largest absolute Gasteiger partial charge is 0.444 e. The van der Waals surface area contributed by atoms with Crippen molar-refractivity contribution in [3.05, 3.63) is 42.5 Å². The van der Waals surface area contributed by atoms with Crippen LogP contribution in [0.25, 0.3) is 0 Å². The summed E-state index contributed by atoms with van der Waals surface area (Å²) in [5, 5.41) is 12.7. The minimum absolute atomic E-state index is 0.0799. The molecule has 1 aromatic rings. The van der Waals surface area contributed by atoms with Crippen molar-refractivity contribution < 1.29 is 32.6 Å². The molecule has 2 unspecified atom stereocenters. The van der Waals surface area contributed by atoms with Gasteiger partial charge in [-0.2, -0.15) is 0 Å². The van der Waals surface area contributed by atoms with Gasteiger partial charge in [-0.05, 0) is 58.6 Å². The van der Waals surface area contributed by atoms with E-state index in [1.807, 2.05) is 33.8 Å². The third-order valence-electron chi connectivity index (χ3n) is 7.41. The molecule has 5 atom stereocenters. The van der Waals surface area contributed by atoms with E-state index >= 15 is 0 Å². The maximum absolute atomic E-state index is 13.2. The number of ether oxygens (including phenoxy) is 2. The Morgan fingerprint density at radius 3 is 2.60 bits per heavy atom. The Morgan fingerprint density at radius 1 is 1.20 bits per heavy atom. The van der Waals surface area contributed by atoms with E-state index in [2.05, 4.69) is 5.32 Å². The highest BCUT2D eigenvalue weighted by atomic mass is 32.2. The van der Waals surface area contributed by atoms with Crippen LogP contribution < -0.4 is 5.32 Å². The van der Waals surface area contributed by atoms with Crippen LogP contribution in [0.4, 0.5) is 9.59 Å². The van der Waals surface area contributed by atoms with Gasteiger partial charge in [0.15, 0.2) is 9.84 Å². The van der Waals surface area contributed by atoms with Gasteiger partial charge in [-0.1, -0.05) is 63.0 Å². The van der Waals surface area contributed by atoms with Crippen molar-refractivity contribution in [2.24, 2.45) is 0 Å². The number of allylic oxidation sites excluding steroid dienone is 1. The van der Waals surface area contributed by atoms with Crippen LogP contribution in [0.2, 0.25) is 0 Å². The van der Waals surface area contributed by atoms with Crippen LogP contribution in [0.15, 0.2) is 47.4 Å². The molecule has 10 heteroatoms. The molecule has 0 bridgehead atoms. The quantitative estimate of drug-likeness (QED) is 0.238. The molecule has 0 aliphatic carbocycles. The number of unbranched alkanes of at least 4 members (excludes halogenated alkanes) is 4. The highest BCUT2D eigenvalue weighted by molar-refractivity contribution is 7.92. The number of carbonyl (C=O) groups is 2. The second-order valence-corrected chi connectivity index (χ2v) is 14.0. The van der Waals surface area contributed by atoms with Gasteiger partial charge in [-0.3, -0.25) is 0 Å². The minimum atomic E-state index is -3.65. The highest BCUT2D eigenvalue weighted by Crippen LogP contribution is 2.29. The summed E-state index contributed by atoms with van der Waals surface area (Å²) in [5.41, 5.74) is -0.610. The lowest BCUT2D eigenvalue weighted by atomic mass is 9.92. The summed E-state index contributed by atoms with van der Waals surface area (Å²) in [6, 6.07) is 8.02. The van der Waals surface area contributed by atoms with Gasteiger partial charge >= 0.3 is 12.2 Å². The standard InChI is InChI=1S/C30H46N2O7S/c1-5-6-19-27(40(36,37)23-16-12-10-13-17-23)25(33)18-14-9-7-8-11-15-22-20-26-24(31-28(34)38-26)21-32(22)29(35)39-30(2,3)4/h10,12-14,16-18,22,24-27,33H,5-9,11,15,19-21H2,1-4H3,(H,31,34)/b18-14+/t22-,24+,25?,26-,27?/m1/s1. The molecule has 1 aromatic carbocycles. The minimum Gasteiger partial charge on any atom is -0.444 e. The smallest absolute Gasteiger partial charge is 0.410 e. The molecular weight excluding hydrogens is 532 g/mol. The lowest BCUT2D eigenvalue weighted by Crippen LogP contribution is -2.56. The Bertz CT molecular complexity index is 1100. The van der Waals surface area contributed by atoms with Crippen LogP contribution >= 0.6 is 0 Å². The number of fused-ring (bicyclic) bond motifs is 1. The monoisotopic (exact) mass is 578 g/mol. The number of hydrogen-bond acceptors (Lipinski definition) is 7. The van der Waals surface area contributed by atoms with Crippen molar-refractivity contribution in [2.75, 3.05) is 6.54 Å². The topological polar surface area (TPSA) is 122 Å². The van der Waals surface area contributed by atoms with Crippen LogP contribution in [0, 0.1) is 0 Å². The lowest BCUT2D eigenvalue weighted by Gasteiger charge is -2.40. The first-order chi connectivity index (χ1) is 18.9. The number of benzene rings is 1. The van der Waals surface area contributed by atoms with Gasteiger partial charge in [0.2, 0.25) is 0 Å². The first-order valence-corrected chi connectivity index (χ1v) is 16.1. The van der Waals surface area contributed by atoms with Crippen molar-refractivity contribution in [2.45, 2.75) is 126 Å². The zero-order valence-electron chi connectivity index (χ0n) is 24.3. The molecule has 2 fully saturated rings. The third kappa shape index (κ3) is 8.96. The summed E-state index contributed by atoms with van der Waals surface area (Å²) in [7, 11) is -3.65. The van der Waals surface area contributed by atoms with Crippen molar-refractivity contribution >= 4 is 22.0 Å². The first-order valence-electron chi connectivity index (χ1n) is 14.5. The number of alkyl carbamates (subject to hydrolysis) is 1. The predicted molar refractivity (Wildman–Crippen MR) is 154 cm³/mol. The van der Waals surface area contributed by atoms with Crippen molar-refractivity contribution in [3.8, 4) is 0 Å². The molecule has 0 saturated carbocycles. The number of aliphatic hydroxyl groups is 1. The number of nitrogens with zero attached hydrogens (tertiary/aromatic N) is 1. The summed E-state index contributed by atoms with van der Waals surface area (Å²) >= 11 is 0. The summed E-state index contributed by atoms with van der Waals surface area (Å²) < 4.78 is 37.4. The van der Waals surface area contributed by atoms with Crippen LogP contribution in [0.3, 0.4) is 0 Å². The fourth-order valence-corrected chi connectivity index (χ4v) is 7.15. The fourth-order valence-electron chi connectivity index (χ4n) is 5.33. The van der Waals surface area contributed by atoms with Crippen LogP contribution in [0.5, 0.6) is 0 Å². The van der Waals surface area contributed by atoms with Gasteiger partial charge < -0.3 is 24.8 Å². The van der Waals surface area contributed by atoms with Gasteiger partial charge in [0, 0.05) is 19.0 Å². The zero-order valence-corrected chi connectivity index (χ0v) is 25.1. The summed E-state index contributed by atoms with van der Waals surface area (Å²) in [6.07, 6.45) is 8.04. The Kier molecular flexibility index (Phi) is 11.5. The normalized spacial score (nSPS) is 22.9. The van der Waals surface area contributed by atoms with E-state index in [-0.39, 0.29) is 29.2 Å². The molecule has 9 nitrogen and oxygen atoms in total. The first kappa shape index (κ1) is 31.9. The highest BCUT2D eigenvalue weighted by Gasteiger charge is 2.45. The van der Waals surface area contributed by atoms with E-state index in [0.717, 1.165) is 44.9 Å². The molecule has 0 aromatic heterocycles. The molecule has 0 radical (unpaired) electrons. The van der Waals surface area contributed by atoms with E-state index in [1.54, 1.807) is 41.3 Å². The maximum atomic E-state index is 13.2. The van der Waals surface area contributed by atoms with E-state index in [4.69, 9.17) is 9.47 Å². The third-order valence-corrected chi connectivity index (χ3v) is 9.65. The number of piperidine rings is 1. The molecule has 40 heavy (non-hydrogen) atoms. The van der Waals surface area contributed by atoms with Crippen LogP contribution in [-0.4, -0.2) is 72.3 Å². The molecule has 2 saturated heterocycles. The predicted octanol–water partition coefficient (Wildman–Crippen LogP) is 5.37. The Balaban J connectivity index is 1.50. The number of rotatable bonds is 13. The summed E-state index contributed by atoms with van der Waals surface area (Å²) in [5.74, 6) is 0. The van der Waals surface area contributed by atoms with Gasteiger partial charge in [-0.15, -0.1) is 0 Å². The number of likely N-dealkylation sites (tertiary alicyclic amines) is 1. The van der Waals surface area contributed by atoms with Gasteiger partial charge in [0.05, 0.1) is 22.3 Å². The second kappa shape index (κ2) is 14.3. The molecule has 2 aliphatic rings. The number of amides is 2. The second-order valence-electron chi connectivity index (χ2n) is 11.8. The summed E-state index contributed by atoms with van der Waals surface area (Å²) in [6.45, 7) is 7.87. The maximum Gasteiger partial charge on any atom is 0.410 e. The van der Waals surface area contributed by atoms with Crippen molar-refractivity contribution in [3.63, 3.8) is 0 Å². The zero-order chi connectivity index (χ0) is 29.3. The SMILES string of the molecule is CCCCC(C(O)/C=C/CCCCC[C@@H]1C[C@H]2OC(=O)N[C@H]2CN1C(=O)OC(C)(C)C)S(=O)(=O)c1ccccc1. The van der Waals surface area contributed by atoms with Gasteiger partial charge in [-0.25, -0.2) is 18.0 Å². The molecule has 2 N–H and O–H groups in total. The van der Waals surface area contributed by atoms with Crippen molar-refractivity contribution in [1.29, 1.82) is 0 Å². The van der Waals surface area contributed by atoms with E-state index < -0.39 is 32.9 Å². The van der Waals surface area contributed by atoms with E-state index in [1.165, 1.54) is 0 Å².